The molecule has 0 atom stereocenters. The summed E-state index contributed by atoms with van der Waals surface area (Å²) < 4.78 is 0. The highest BCUT2D eigenvalue weighted by Gasteiger charge is 2.20. The van der Waals surface area contributed by atoms with Crippen LogP contribution in [-0.4, -0.2) is 18.0 Å². The van der Waals surface area contributed by atoms with Gasteiger partial charge in [0.25, 0.3) is 0 Å². The quantitative estimate of drug-likeness (QED) is 0.804. The standard InChI is InChI=1S/C11H15ClOS/c1-11(2,7-13)8-4-9(12)6-10(5-8)14-3/h4-6,13H,7H2,1-3H3. The van der Waals surface area contributed by atoms with Gasteiger partial charge in [-0.05, 0) is 30.0 Å². The molecule has 0 saturated heterocycles. The van der Waals surface area contributed by atoms with Crippen LogP contribution in [0.2, 0.25) is 5.02 Å². The van der Waals surface area contributed by atoms with Gasteiger partial charge in [0, 0.05) is 15.3 Å². The molecule has 0 aliphatic rings. The zero-order valence-electron chi connectivity index (χ0n) is 8.67. The first-order chi connectivity index (χ1) is 6.49. The number of aliphatic hydroxyl groups is 1. The van der Waals surface area contributed by atoms with E-state index in [2.05, 4.69) is 6.07 Å². The van der Waals surface area contributed by atoms with Gasteiger partial charge in [0.05, 0.1) is 6.61 Å². The summed E-state index contributed by atoms with van der Waals surface area (Å²) in [4.78, 5) is 1.13. The van der Waals surface area contributed by atoms with E-state index in [1.807, 2.05) is 32.2 Å². The minimum absolute atomic E-state index is 0.126. The largest absolute Gasteiger partial charge is 0.395 e. The van der Waals surface area contributed by atoms with E-state index in [9.17, 15) is 5.11 Å². The topological polar surface area (TPSA) is 20.2 Å². The number of aliphatic hydroxyl groups excluding tert-OH is 1. The van der Waals surface area contributed by atoms with E-state index >= 15 is 0 Å². The molecule has 0 spiro atoms. The number of rotatable bonds is 3. The van der Waals surface area contributed by atoms with Crippen molar-refractivity contribution in [2.75, 3.05) is 12.9 Å². The third-order valence-electron chi connectivity index (χ3n) is 2.28. The van der Waals surface area contributed by atoms with Crippen LogP contribution in [0, 0.1) is 0 Å². The second-order valence-corrected chi connectivity index (χ2v) is 5.24. The minimum atomic E-state index is -0.227. The lowest BCUT2D eigenvalue weighted by atomic mass is 9.86. The Bertz CT molecular complexity index is 323. The number of benzene rings is 1. The molecular weight excluding hydrogens is 216 g/mol. The molecule has 78 valence electrons. The van der Waals surface area contributed by atoms with E-state index in [-0.39, 0.29) is 12.0 Å². The summed E-state index contributed by atoms with van der Waals surface area (Å²) in [5.41, 5.74) is 0.854. The summed E-state index contributed by atoms with van der Waals surface area (Å²) in [6.07, 6.45) is 2.02. The molecule has 14 heavy (non-hydrogen) atoms. The molecule has 0 bridgehead atoms. The highest BCUT2D eigenvalue weighted by Crippen LogP contribution is 2.29. The fourth-order valence-corrected chi connectivity index (χ4v) is 1.95. The maximum Gasteiger partial charge on any atom is 0.0522 e. The molecule has 1 rings (SSSR count). The molecule has 0 unspecified atom stereocenters. The number of halogens is 1. The Morgan fingerprint density at radius 2 is 2.00 bits per heavy atom. The first kappa shape index (κ1) is 11.9. The zero-order chi connectivity index (χ0) is 10.8. The van der Waals surface area contributed by atoms with E-state index in [1.165, 1.54) is 0 Å². The van der Waals surface area contributed by atoms with Gasteiger partial charge >= 0.3 is 0 Å². The Labute approximate surface area is 94.5 Å². The van der Waals surface area contributed by atoms with Crippen LogP contribution in [0.1, 0.15) is 19.4 Å². The summed E-state index contributed by atoms with van der Waals surface area (Å²) in [5, 5.41) is 9.98. The fraction of sp³-hybridized carbons (Fsp3) is 0.455. The lowest BCUT2D eigenvalue weighted by molar-refractivity contribution is 0.218. The molecule has 0 heterocycles. The molecule has 1 N–H and O–H groups in total. The highest BCUT2D eigenvalue weighted by molar-refractivity contribution is 7.98. The Kier molecular flexibility index (Phi) is 3.87. The summed E-state index contributed by atoms with van der Waals surface area (Å²) in [6, 6.07) is 5.92. The molecule has 0 aromatic heterocycles. The van der Waals surface area contributed by atoms with E-state index in [0.29, 0.717) is 0 Å². The smallest absolute Gasteiger partial charge is 0.0522 e. The Balaban J connectivity index is 3.15. The first-order valence-corrected chi connectivity index (χ1v) is 6.06. The number of hydrogen-bond donors (Lipinski definition) is 1. The van der Waals surface area contributed by atoms with Crippen molar-refractivity contribution in [2.45, 2.75) is 24.2 Å². The van der Waals surface area contributed by atoms with Crippen LogP contribution in [0.5, 0.6) is 0 Å². The van der Waals surface area contributed by atoms with E-state index < -0.39 is 0 Å². The lowest BCUT2D eigenvalue weighted by Crippen LogP contribution is -2.21. The zero-order valence-corrected chi connectivity index (χ0v) is 10.2. The van der Waals surface area contributed by atoms with Crippen LogP contribution >= 0.6 is 23.4 Å². The van der Waals surface area contributed by atoms with Gasteiger partial charge in [0.1, 0.15) is 0 Å². The molecule has 0 aliphatic heterocycles. The number of hydrogen-bond acceptors (Lipinski definition) is 2. The van der Waals surface area contributed by atoms with Gasteiger partial charge < -0.3 is 5.11 Å². The Morgan fingerprint density at radius 3 is 2.50 bits per heavy atom. The molecule has 1 nitrogen and oxygen atoms in total. The lowest BCUT2D eigenvalue weighted by Gasteiger charge is -2.23. The van der Waals surface area contributed by atoms with Gasteiger partial charge in [-0.1, -0.05) is 25.4 Å². The van der Waals surface area contributed by atoms with Gasteiger partial charge in [-0.15, -0.1) is 11.8 Å². The van der Waals surface area contributed by atoms with Crippen LogP contribution in [0.4, 0.5) is 0 Å². The van der Waals surface area contributed by atoms with Crippen LogP contribution in [0.15, 0.2) is 23.1 Å². The van der Waals surface area contributed by atoms with Gasteiger partial charge in [-0.25, -0.2) is 0 Å². The summed E-state index contributed by atoms with van der Waals surface area (Å²) in [6.45, 7) is 4.13. The van der Waals surface area contributed by atoms with Crippen molar-refractivity contribution in [1.29, 1.82) is 0 Å². The van der Waals surface area contributed by atoms with Crippen LogP contribution in [-0.2, 0) is 5.41 Å². The maximum absolute atomic E-state index is 9.25. The Morgan fingerprint density at radius 1 is 1.36 bits per heavy atom. The van der Waals surface area contributed by atoms with Crippen molar-refractivity contribution in [2.24, 2.45) is 0 Å². The molecule has 1 aromatic carbocycles. The predicted octanol–water partition coefficient (Wildman–Crippen LogP) is 3.33. The maximum atomic E-state index is 9.25. The second-order valence-electron chi connectivity index (χ2n) is 3.92. The molecule has 1 aromatic rings. The van der Waals surface area contributed by atoms with Gasteiger partial charge in [0.15, 0.2) is 0 Å². The third-order valence-corrected chi connectivity index (χ3v) is 3.21. The molecular formula is C11H15ClOS. The summed E-state index contributed by atoms with van der Waals surface area (Å²) in [5.74, 6) is 0. The van der Waals surface area contributed by atoms with Crippen LogP contribution < -0.4 is 0 Å². The molecule has 0 saturated carbocycles. The van der Waals surface area contributed by atoms with E-state index in [4.69, 9.17) is 11.6 Å². The van der Waals surface area contributed by atoms with Crippen LogP contribution in [0.3, 0.4) is 0 Å². The molecule has 0 fully saturated rings. The highest BCUT2D eigenvalue weighted by atomic mass is 35.5. The van der Waals surface area contributed by atoms with Gasteiger partial charge in [0.2, 0.25) is 0 Å². The first-order valence-electron chi connectivity index (χ1n) is 4.45. The van der Waals surface area contributed by atoms with Crippen molar-refractivity contribution < 1.29 is 5.11 Å². The molecule has 3 heteroatoms. The van der Waals surface area contributed by atoms with Crippen molar-refractivity contribution in [1.82, 2.24) is 0 Å². The van der Waals surface area contributed by atoms with Gasteiger partial charge in [-0.2, -0.15) is 0 Å². The number of thioether (sulfide) groups is 1. The summed E-state index contributed by atoms with van der Waals surface area (Å²) >= 11 is 7.65. The van der Waals surface area contributed by atoms with Crippen molar-refractivity contribution in [3.8, 4) is 0 Å². The summed E-state index contributed by atoms with van der Waals surface area (Å²) in [7, 11) is 0. The second kappa shape index (κ2) is 4.56. The normalized spacial score (nSPS) is 11.8. The molecule has 0 radical (unpaired) electrons. The van der Waals surface area contributed by atoms with Gasteiger partial charge in [-0.3, -0.25) is 0 Å². The molecule has 0 amide bonds. The van der Waals surface area contributed by atoms with E-state index in [1.54, 1.807) is 11.8 Å². The SMILES string of the molecule is CSc1cc(Cl)cc(C(C)(C)CO)c1. The average molecular weight is 231 g/mol. The minimum Gasteiger partial charge on any atom is -0.395 e. The van der Waals surface area contributed by atoms with Crippen LogP contribution in [0.25, 0.3) is 0 Å². The van der Waals surface area contributed by atoms with Crippen molar-refractivity contribution in [3.05, 3.63) is 28.8 Å². The third kappa shape index (κ3) is 2.66. The predicted molar refractivity (Wildman–Crippen MR) is 63.3 cm³/mol. The van der Waals surface area contributed by atoms with Crippen molar-refractivity contribution >= 4 is 23.4 Å². The monoisotopic (exact) mass is 230 g/mol. The van der Waals surface area contributed by atoms with E-state index in [0.717, 1.165) is 15.5 Å². The average Bonchev–Trinajstić information content (AvgIpc) is 2.16. The fourth-order valence-electron chi connectivity index (χ4n) is 1.16. The molecule has 0 aliphatic carbocycles. The Hall–Kier alpha value is -0.180. The van der Waals surface area contributed by atoms with Crippen molar-refractivity contribution in [3.63, 3.8) is 0 Å².